The lowest BCUT2D eigenvalue weighted by atomic mass is 9.99. The minimum absolute atomic E-state index is 0.0533. The Morgan fingerprint density at radius 1 is 1.30 bits per heavy atom. The van der Waals surface area contributed by atoms with Crippen LogP contribution in [0.2, 0.25) is 0 Å². The van der Waals surface area contributed by atoms with Crippen molar-refractivity contribution < 1.29 is 19.5 Å². The Labute approximate surface area is 118 Å². The smallest absolute Gasteiger partial charge is 0.317 e. The van der Waals surface area contributed by atoms with Crippen molar-refractivity contribution in [3.63, 3.8) is 0 Å². The molecule has 3 amide bonds. The summed E-state index contributed by atoms with van der Waals surface area (Å²) in [6.07, 6.45) is 0.218. The average Bonchev–Trinajstić information content (AvgIpc) is 2.70. The van der Waals surface area contributed by atoms with E-state index in [1.807, 2.05) is 20.8 Å². The number of nitrogens with zero attached hydrogens (tertiary/aromatic N) is 1. The molecule has 2 atom stereocenters. The number of urea groups is 1. The molecule has 1 aliphatic heterocycles. The van der Waals surface area contributed by atoms with E-state index < -0.39 is 11.9 Å². The Morgan fingerprint density at radius 3 is 2.45 bits per heavy atom. The normalized spacial score (nSPS) is 21.9. The van der Waals surface area contributed by atoms with E-state index in [1.54, 1.807) is 0 Å². The Bertz CT molecular complexity index is 384. The van der Waals surface area contributed by atoms with Crippen LogP contribution in [0.3, 0.4) is 0 Å². The molecule has 1 aliphatic rings. The summed E-state index contributed by atoms with van der Waals surface area (Å²) in [4.78, 5) is 35.7. The fourth-order valence-corrected chi connectivity index (χ4v) is 2.24. The van der Waals surface area contributed by atoms with Gasteiger partial charge < -0.3 is 20.6 Å². The third-order valence-corrected chi connectivity index (χ3v) is 3.29. The highest BCUT2D eigenvalue weighted by Crippen LogP contribution is 2.22. The van der Waals surface area contributed by atoms with E-state index in [0.29, 0.717) is 6.54 Å². The van der Waals surface area contributed by atoms with E-state index in [4.69, 9.17) is 5.11 Å². The fourth-order valence-electron chi connectivity index (χ4n) is 2.24. The molecule has 1 fully saturated rings. The third-order valence-electron chi connectivity index (χ3n) is 3.29. The average molecular weight is 285 g/mol. The highest BCUT2D eigenvalue weighted by atomic mass is 16.4. The highest BCUT2D eigenvalue weighted by Gasteiger charge is 2.36. The molecule has 0 aromatic heterocycles. The Morgan fingerprint density at radius 2 is 1.95 bits per heavy atom. The quantitative estimate of drug-likeness (QED) is 0.675. The molecule has 0 spiro atoms. The predicted octanol–water partition coefficient (Wildman–Crippen LogP) is 0.263. The molecular formula is C13H23N3O4. The van der Waals surface area contributed by atoms with Gasteiger partial charge in [0.15, 0.2) is 0 Å². The van der Waals surface area contributed by atoms with E-state index >= 15 is 0 Å². The lowest BCUT2D eigenvalue weighted by Gasteiger charge is -2.17. The second-order valence-corrected chi connectivity index (χ2v) is 5.53. The number of rotatable bonds is 5. The monoisotopic (exact) mass is 285 g/mol. The molecule has 0 aromatic rings. The molecule has 3 N–H and O–H groups in total. The highest BCUT2D eigenvalue weighted by molar-refractivity contribution is 5.79. The maximum Gasteiger partial charge on any atom is 0.317 e. The summed E-state index contributed by atoms with van der Waals surface area (Å²) in [7, 11) is 0. The van der Waals surface area contributed by atoms with Crippen molar-refractivity contribution in [2.75, 3.05) is 19.6 Å². The van der Waals surface area contributed by atoms with Crippen LogP contribution in [0.25, 0.3) is 0 Å². The maximum atomic E-state index is 11.9. The Hall–Kier alpha value is -1.79. The van der Waals surface area contributed by atoms with Gasteiger partial charge in [0.1, 0.15) is 0 Å². The zero-order valence-corrected chi connectivity index (χ0v) is 12.2. The second kappa shape index (κ2) is 7.12. The van der Waals surface area contributed by atoms with Gasteiger partial charge in [-0.3, -0.25) is 9.59 Å². The van der Waals surface area contributed by atoms with E-state index in [1.165, 1.54) is 4.90 Å². The number of carboxylic acid groups (broad SMARTS) is 1. The standard InChI is InChI=1S/C13H23N3O4/c1-8(2)15-11(17)4-5-14-13(20)16-6-9(3)10(7-16)12(18)19/h8-10H,4-7H2,1-3H3,(H,14,20)(H,15,17)(H,18,19)/t9-,10-/m1/s1. The van der Waals surface area contributed by atoms with Gasteiger partial charge in [-0.25, -0.2) is 4.79 Å². The summed E-state index contributed by atoms with van der Waals surface area (Å²) in [5, 5.41) is 14.4. The van der Waals surface area contributed by atoms with Crippen LogP contribution in [-0.4, -0.2) is 53.6 Å². The minimum Gasteiger partial charge on any atom is -0.481 e. The SMILES string of the molecule is CC(C)NC(=O)CCNC(=O)N1C[C@@H](C)[C@H](C(=O)O)C1. The zero-order chi connectivity index (χ0) is 15.3. The van der Waals surface area contributed by atoms with Crippen LogP contribution < -0.4 is 10.6 Å². The Kier molecular flexibility index (Phi) is 5.79. The van der Waals surface area contributed by atoms with Gasteiger partial charge in [-0.2, -0.15) is 0 Å². The number of hydrogen-bond acceptors (Lipinski definition) is 3. The molecule has 0 saturated carbocycles. The van der Waals surface area contributed by atoms with Gasteiger partial charge in [0, 0.05) is 32.1 Å². The molecule has 7 nitrogen and oxygen atoms in total. The van der Waals surface area contributed by atoms with Gasteiger partial charge in [-0.15, -0.1) is 0 Å². The van der Waals surface area contributed by atoms with Crippen molar-refractivity contribution in [2.24, 2.45) is 11.8 Å². The number of likely N-dealkylation sites (tertiary alicyclic amines) is 1. The summed E-state index contributed by atoms with van der Waals surface area (Å²) < 4.78 is 0. The van der Waals surface area contributed by atoms with Gasteiger partial charge >= 0.3 is 12.0 Å². The molecule has 1 saturated heterocycles. The van der Waals surface area contributed by atoms with Crippen LogP contribution in [0, 0.1) is 11.8 Å². The van der Waals surface area contributed by atoms with Crippen LogP contribution >= 0.6 is 0 Å². The number of amides is 3. The molecule has 0 bridgehead atoms. The molecule has 1 rings (SSSR count). The summed E-state index contributed by atoms with van der Waals surface area (Å²) in [6, 6.07) is -0.230. The lowest BCUT2D eigenvalue weighted by Crippen LogP contribution is -2.41. The van der Waals surface area contributed by atoms with Crippen LogP contribution in [0.15, 0.2) is 0 Å². The van der Waals surface area contributed by atoms with E-state index in [-0.39, 0.29) is 43.4 Å². The molecule has 20 heavy (non-hydrogen) atoms. The van der Waals surface area contributed by atoms with Crippen molar-refractivity contribution in [1.82, 2.24) is 15.5 Å². The maximum absolute atomic E-state index is 11.9. The number of nitrogens with one attached hydrogen (secondary N) is 2. The van der Waals surface area contributed by atoms with Crippen LogP contribution in [0.1, 0.15) is 27.2 Å². The molecular weight excluding hydrogens is 262 g/mol. The minimum atomic E-state index is -0.871. The first-order valence-corrected chi connectivity index (χ1v) is 6.86. The zero-order valence-electron chi connectivity index (χ0n) is 12.2. The molecule has 0 aromatic carbocycles. The largest absolute Gasteiger partial charge is 0.481 e. The first-order chi connectivity index (χ1) is 9.31. The lowest BCUT2D eigenvalue weighted by molar-refractivity contribution is -0.142. The van der Waals surface area contributed by atoms with Gasteiger partial charge in [-0.05, 0) is 19.8 Å². The predicted molar refractivity (Wildman–Crippen MR) is 73.2 cm³/mol. The van der Waals surface area contributed by atoms with E-state index in [9.17, 15) is 14.4 Å². The molecule has 7 heteroatoms. The molecule has 0 unspecified atom stereocenters. The van der Waals surface area contributed by atoms with Crippen LogP contribution in [-0.2, 0) is 9.59 Å². The van der Waals surface area contributed by atoms with Gasteiger partial charge in [-0.1, -0.05) is 6.92 Å². The number of aliphatic carboxylic acids is 1. The molecule has 0 aliphatic carbocycles. The first-order valence-electron chi connectivity index (χ1n) is 6.86. The summed E-state index contributed by atoms with van der Waals surface area (Å²) in [6.45, 7) is 6.46. The number of carboxylic acids is 1. The number of hydrogen-bond donors (Lipinski definition) is 3. The van der Waals surface area contributed by atoms with Crippen molar-refractivity contribution in [3.8, 4) is 0 Å². The third kappa shape index (κ3) is 4.71. The fraction of sp³-hybridized carbons (Fsp3) is 0.769. The van der Waals surface area contributed by atoms with Crippen LogP contribution in [0.5, 0.6) is 0 Å². The van der Waals surface area contributed by atoms with Crippen molar-refractivity contribution in [1.29, 1.82) is 0 Å². The molecule has 0 radical (unpaired) electrons. The summed E-state index contributed by atoms with van der Waals surface area (Å²) >= 11 is 0. The summed E-state index contributed by atoms with van der Waals surface area (Å²) in [5.41, 5.74) is 0. The van der Waals surface area contributed by atoms with Crippen molar-refractivity contribution in [3.05, 3.63) is 0 Å². The van der Waals surface area contributed by atoms with Crippen molar-refractivity contribution >= 4 is 17.9 Å². The van der Waals surface area contributed by atoms with E-state index in [2.05, 4.69) is 10.6 Å². The van der Waals surface area contributed by atoms with Gasteiger partial charge in [0.25, 0.3) is 0 Å². The topological polar surface area (TPSA) is 98.7 Å². The number of carbonyl (C=O) groups is 3. The Balaban J connectivity index is 2.31. The van der Waals surface area contributed by atoms with E-state index in [0.717, 1.165) is 0 Å². The van der Waals surface area contributed by atoms with Crippen LogP contribution in [0.4, 0.5) is 4.79 Å². The number of carbonyl (C=O) groups excluding carboxylic acids is 2. The molecule has 1 heterocycles. The van der Waals surface area contributed by atoms with Gasteiger partial charge in [0.05, 0.1) is 5.92 Å². The molecule has 114 valence electrons. The summed E-state index contributed by atoms with van der Waals surface area (Å²) in [5.74, 6) is -1.55. The first kappa shape index (κ1) is 16.3. The second-order valence-electron chi connectivity index (χ2n) is 5.53. The van der Waals surface area contributed by atoms with Crippen molar-refractivity contribution in [2.45, 2.75) is 33.2 Å². The van der Waals surface area contributed by atoms with Gasteiger partial charge in [0.2, 0.25) is 5.91 Å².